The van der Waals surface area contributed by atoms with E-state index in [1.165, 1.54) is 6.07 Å². The number of fused-ring (bicyclic) bond motifs is 1. The van der Waals surface area contributed by atoms with Crippen LogP contribution in [0, 0.1) is 16.5 Å². The van der Waals surface area contributed by atoms with Crippen LogP contribution in [-0.2, 0) is 11.3 Å². The minimum Gasteiger partial charge on any atom is -0.378 e. The molecule has 2 heterocycles. The number of rotatable bonds is 3. The van der Waals surface area contributed by atoms with Gasteiger partial charge in [-0.15, -0.1) is 0 Å². The average Bonchev–Trinajstić information content (AvgIpc) is 2.97. The van der Waals surface area contributed by atoms with E-state index in [-0.39, 0.29) is 5.82 Å². The van der Waals surface area contributed by atoms with Crippen molar-refractivity contribution in [1.29, 1.82) is 0 Å². The first kappa shape index (κ1) is 14.2. The molecule has 1 N–H and O–H groups in total. The van der Waals surface area contributed by atoms with Gasteiger partial charge in [-0.1, -0.05) is 6.92 Å². The molecule has 3 rings (SSSR count). The molecule has 0 aliphatic carbocycles. The summed E-state index contributed by atoms with van der Waals surface area (Å²) in [7, 11) is 0. The van der Waals surface area contributed by atoms with Crippen LogP contribution in [0.3, 0.4) is 0 Å². The predicted molar refractivity (Wildman–Crippen MR) is 82.9 cm³/mol. The maximum Gasteiger partial charge on any atom is 0.178 e. The molecule has 3 nitrogen and oxygen atoms in total. The molecule has 0 bridgehead atoms. The van der Waals surface area contributed by atoms with E-state index in [1.54, 1.807) is 6.07 Å². The Morgan fingerprint density at radius 1 is 1.55 bits per heavy atom. The summed E-state index contributed by atoms with van der Waals surface area (Å²) in [5.74, 6) is 0.186. The molecule has 0 radical (unpaired) electrons. The molecule has 0 saturated carbocycles. The highest BCUT2D eigenvalue weighted by atomic mass is 79.9. The van der Waals surface area contributed by atoms with Gasteiger partial charge in [0, 0.05) is 25.1 Å². The second-order valence-electron chi connectivity index (χ2n) is 5.19. The van der Waals surface area contributed by atoms with Crippen LogP contribution in [0.5, 0.6) is 0 Å². The van der Waals surface area contributed by atoms with Crippen LogP contribution in [0.4, 0.5) is 4.39 Å². The zero-order valence-electron chi connectivity index (χ0n) is 11.2. The molecule has 2 unspecified atom stereocenters. The second-order valence-corrected chi connectivity index (χ2v) is 6.43. The first-order valence-corrected chi connectivity index (χ1v) is 7.99. The van der Waals surface area contributed by atoms with Crippen LogP contribution in [-0.4, -0.2) is 22.3 Å². The number of halogens is 2. The van der Waals surface area contributed by atoms with Crippen molar-refractivity contribution in [3.8, 4) is 0 Å². The molecule has 1 aliphatic rings. The van der Waals surface area contributed by atoms with Gasteiger partial charge in [0.05, 0.1) is 21.6 Å². The molecule has 2 atom stereocenters. The van der Waals surface area contributed by atoms with E-state index in [4.69, 9.17) is 17.0 Å². The Morgan fingerprint density at radius 2 is 2.35 bits per heavy atom. The first-order valence-electron chi connectivity index (χ1n) is 6.79. The van der Waals surface area contributed by atoms with Crippen LogP contribution in [0.2, 0.25) is 0 Å². The molecule has 1 aromatic heterocycles. The Kier molecular flexibility index (Phi) is 3.97. The number of benzene rings is 1. The lowest BCUT2D eigenvalue weighted by atomic mass is 9.99. The molecule has 2 aromatic rings. The molecular formula is C14H16BrFN2OS. The van der Waals surface area contributed by atoms with Crippen LogP contribution in [0.15, 0.2) is 16.6 Å². The number of ether oxygens (including phenoxy) is 1. The molecule has 1 aromatic carbocycles. The smallest absolute Gasteiger partial charge is 0.178 e. The molecule has 1 fully saturated rings. The summed E-state index contributed by atoms with van der Waals surface area (Å²) in [6.45, 7) is 3.77. The number of nitrogens with one attached hydrogen (secondary N) is 1. The van der Waals surface area contributed by atoms with Crippen molar-refractivity contribution >= 4 is 39.2 Å². The van der Waals surface area contributed by atoms with Crippen LogP contribution < -0.4 is 0 Å². The summed E-state index contributed by atoms with van der Waals surface area (Å²) >= 11 is 8.61. The van der Waals surface area contributed by atoms with E-state index < -0.39 is 0 Å². The number of aromatic nitrogens is 2. The van der Waals surface area contributed by atoms with Gasteiger partial charge >= 0.3 is 0 Å². The molecule has 108 valence electrons. The summed E-state index contributed by atoms with van der Waals surface area (Å²) in [6, 6.07) is 3.27. The molecule has 6 heteroatoms. The fraction of sp³-hybridized carbons (Fsp3) is 0.500. The largest absolute Gasteiger partial charge is 0.378 e. The van der Waals surface area contributed by atoms with Crippen molar-refractivity contribution in [1.82, 2.24) is 9.55 Å². The molecule has 1 saturated heterocycles. The number of H-pyrrole nitrogens is 1. The molecule has 0 amide bonds. The topological polar surface area (TPSA) is 29.9 Å². The Morgan fingerprint density at radius 3 is 3.10 bits per heavy atom. The third-order valence-electron chi connectivity index (χ3n) is 3.98. The van der Waals surface area contributed by atoms with Crippen LogP contribution in [0.1, 0.15) is 19.8 Å². The van der Waals surface area contributed by atoms with E-state index in [1.807, 2.05) is 0 Å². The van der Waals surface area contributed by atoms with Crippen molar-refractivity contribution in [2.24, 2.45) is 5.92 Å². The number of hydrogen-bond acceptors (Lipinski definition) is 2. The highest BCUT2D eigenvalue weighted by Crippen LogP contribution is 2.28. The van der Waals surface area contributed by atoms with Gasteiger partial charge in [0.15, 0.2) is 4.77 Å². The van der Waals surface area contributed by atoms with Crippen molar-refractivity contribution in [2.45, 2.75) is 32.4 Å². The Bertz CT molecular complexity index is 696. The number of hydrogen-bond donors (Lipinski definition) is 1. The Labute approximate surface area is 130 Å². The van der Waals surface area contributed by atoms with Gasteiger partial charge in [0.2, 0.25) is 0 Å². The SMILES string of the molecule is CCC1OCCC1Cn1c(=S)[nH]c2cc(F)c(Br)cc21. The minimum atomic E-state index is -0.281. The molecule has 1 aliphatic heterocycles. The molecule has 20 heavy (non-hydrogen) atoms. The fourth-order valence-electron chi connectivity index (χ4n) is 2.92. The third-order valence-corrected chi connectivity index (χ3v) is 4.91. The molecular weight excluding hydrogens is 343 g/mol. The number of nitrogens with zero attached hydrogens (tertiary/aromatic N) is 1. The highest BCUT2D eigenvalue weighted by molar-refractivity contribution is 9.10. The summed E-state index contributed by atoms with van der Waals surface area (Å²) in [5.41, 5.74) is 1.67. The van der Waals surface area contributed by atoms with Gasteiger partial charge in [-0.2, -0.15) is 0 Å². The van der Waals surface area contributed by atoms with E-state index in [2.05, 4.69) is 32.4 Å². The standard InChI is InChI=1S/C14H16BrFN2OS/c1-2-13-8(3-4-19-13)7-18-12-5-9(15)10(16)6-11(12)17-14(18)20/h5-6,8,13H,2-4,7H2,1H3,(H,17,20). The van der Waals surface area contributed by atoms with Gasteiger partial charge < -0.3 is 14.3 Å². The van der Waals surface area contributed by atoms with Gasteiger partial charge in [0.1, 0.15) is 5.82 Å². The monoisotopic (exact) mass is 358 g/mol. The van der Waals surface area contributed by atoms with Crippen molar-refractivity contribution in [2.75, 3.05) is 6.61 Å². The Hall–Kier alpha value is -0.720. The summed E-state index contributed by atoms with van der Waals surface area (Å²) in [6.07, 6.45) is 2.36. The van der Waals surface area contributed by atoms with E-state index in [0.29, 0.717) is 21.3 Å². The third kappa shape index (κ3) is 2.44. The van der Waals surface area contributed by atoms with Gasteiger partial charge in [-0.3, -0.25) is 0 Å². The Balaban J connectivity index is 2.01. The lowest BCUT2D eigenvalue weighted by molar-refractivity contribution is 0.0837. The van der Waals surface area contributed by atoms with Gasteiger partial charge in [-0.05, 0) is 47.1 Å². The van der Waals surface area contributed by atoms with E-state index >= 15 is 0 Å². The van der Waals surface area contributed by atoms with Crippen molar-refractivity contribution < 1.29 is 9.13 Å². The van der Waals surface area contributed by atoms with Crippen molar-refractivity contribution in [3.63, 3.8) is 0 Å². The quantitative estimate of drug-likeness (QED) is 0.823. The minimum absolute atomic E-state index is 0.281. The zero-order chi connectivity index (χ0) is 14.3. The average molecular weight is 359 g/mol. The first-order chi connectivity index (χ1) is 9.60. The maximum atomic E-state index is 13.6. The predicted octanol–water partition coefficient (Wildman–Crippen LogP) is 4.42. The van der Waals surface area contributed by atoms with E-state index in [9.17, 15) is 4.39 Å². The number of aromatic amines is 1. The second kappa shape index (κ2) is 5.58. The van der Waals surface area contributed by atoms with Crippen LogP contribution >= 0.6 is 28.1 Å². The summed E-state index contributed by atoms with van der Waals surface area (Å²) < 4.78 is 22.5. The maximum absolute atomic E-state index is 13.6. The summed E-state index contributed by atoms with van der Waals surface area (Å²) in [4.78, 5) is 3.08. The highest BCUT2D eigenvalue weighted by Gasteiger charge is 2.27. The zero-order valence-corrected chi connectivity index (χ0v) is 13.6. The molecule has 0 spiro atoms. The lowest BCUT2D eigenvalue weighted by Crippen LogP contribution is -2.20. The normalized spacial score (nSPS) is 22.8. The summed E-state index contributed by atoms with van der Waals surface area (Å²) in [5, 5.41) is 0. The number of imidazole rings is 1. The van der Waals surface area contributed by atoms with Crippen molar-refractivity contribution in [3.05, 3.63) is 27.2 Å². The van der Waals surface area contributed by atoms with Gasteiger partial charge in [-0.25, -0.2) is 4.39 Å². The van der Waals surface area contributed by atoms with Gasteiger partial charge in [0.25, 0.3) is 0 Å². The fourth-order valence-corrected chi connectivity index (χ4v) is 3.53. The lowest BCUT2D eigenvalue weighted by Gasteiger charge is -2.17. The van der Waals surface area contributed by atoms with E-state index in [0.717, 1.165) is 37.0 Å². The van der Waals surface area contributed by atoms with Crippen LogP contribution in [0.25, 0.3) is 11.0 Å².